The van der Waals surface area contributed by atoms with Crippen molar-refractivity contribution >= 4 is 21.9 Å². The molecule has 7 rings (SSSR count). The van der Waals surface area contributed by atoms with Gasteiger partial charge in [0, 0.05) is 44.2 Å². The molecule has 0 aliphatic rings. The van der Waals surface area contributed by atoms with E-state index in [0.717, 1.165) is 61.1 Å². The van der Waals surface area contributed by atoms with Gasteiger partial charge in [-0.25, -0.2) is 4.98 Å². The van der Waals surface area contributed by atoms with Crippen LogP contribution in [0.1, 0.15) is 97.5 Å². The minimum atomic E-state index is -0.302. The van der Waals surface area contributed by atoms with E-state index in [1.807, 2.05) is 24.4 Å². The Balaban J connectivity index is 0.00000481. The van der Waals surface area contributed by atoms with Crippen LogP contribution in [0.3, 0.4) is 0 Å². The summed E-state index contributed by atoms with van der Waals surface area (Å²) in [4.78, 5) is 10.3. The quantitative estimate of drug-likeness (QED) is 0.169. The van der Waals surface area contributed by atoms with E-state index in [2.05, 4.69) is 165 Å². The molecular formula is C48H50N3OPt-. The van der Waals surface area contributed by atoms with Crippen molar-refractivity contribution in [2.24, 2.45) is 0 Å². The number of hydrogen-bond acceptors (Lipinski definition) is 3. The molecule has 5 aromatic carbocycles. The number of hydrogen-bond donors (Lipinski definition) is 1. The second-order valence-electron chi connectivity index (χ2n) is 17.1. The minimum absolute atomic E-state index is 0. The Kier molecular flexibility index (Phi) is 10.1. The van der Waals surface area contributed by atoms with Gasteiger partial charge in [0.1, 0.15) is 11.6 Å². The molecule has 0 spiro atoms. The molecule has 0 fully saturated rings. The number of fused-ring (bicyclic) bond motifs is 2. The third kappa shape index (κ3) is 7.11. The summed E-state index contributed by atoms with van der Waals surface area (Å²) in [6, 6.07) is 40.3. The van der Waals surface area contributed by atoms with Gasteiger partial charge in [-0.1, -0.05) is 127 Å². The summed E-state index contributed by atoms with van der Waals surface area (Å²) in [5.41, 5.74) is 12.1. The molecule has 0 aliphatic heterocycles. The molecule has 0 saturated carbocycles. The monoisotopic (exact) mass is 879 g/mol. The standard InChI is InChI=1S/C48H50N3O.Pt/c1-30(2)51-41-29-37(48(9,10)34-19-12-11-13-20-34)28-39(44(41)50-45(51)40-26-35(46(3,4)5)21-22-42(40)52)32-17-14-16-31(24-32)38-27-36(47(6,7)8)25-33-18-15-23-49-43(33)38;/h11-23,25-30,52H,1-10H3;/q-1;. The van der Waals surface area contributed by atoms with Crippen LogP contribution in [0, 0.1) is 6.07 Å². The van der Waals surface area contributed by atoms with Gasteiger partial charge in [0.25, 0.3) is 0 Å². The number of phenolic OH excluding ortho intramolecular Hbond substituents is 1. The van der Waals surface area contributed by atoms with Crippen LogP contribution in [0.4, 0.5) is 0 Å². The van der Waals surface area contributed by atoms with Crippen LogP contribution in [-0.4, -0.2) is 19.6 Å². The van der Waals surface area contributed by atoms with Crippen molar-refractivity contribution in [3.05, 3.63) is 138 Å². The fourth-order valence-electron chi connectivity index (χ4n) is 7.29. The van der Waals surface area contributed by atoms with E-state index in [1.54, 1.807) is 0 Å². The largest absolute Gasteiger partial charge is 0.507 e. The van der Waals surface area contributed by atoms with Crippen molar-refractivity contribution < 1.29 is 26.2 Å². The molecular weight excluding hydrogens is 830 g/mol. The number of nitrogens with zero attached hydrogens (tertiary/aromatic N) is 3. The molecule has 0 saturated heterocycles. The van der Waals surface area contributed by atoms with Gasteiger partial charge >= 0.3 is 0 Å². The molecule has 0 radical (unpaired) electrons. The summed E-state index contributed by atoms with van der Waals surface area (Å²) in [5.74, 6) is 0.983. The molecule has 0 atom stereocenters. The Labute approximate surface area is 329 Å². The molecule has 0 amide bonds. The van der Waals surface area contributed by atoms with Gasteiger partial charge in [0.2, 0.25) is 0 Å². The summed E-state index contributed by atoms with van der Waals surface area (Å²) < 4.78 is 2.29. The number of aromatic hydroxyl groups is 1. The van der Waals surface area contributed by atoms with Crippen molar-refractivity contribution in [3.8, 4) is 39.4 Å². The number of phenols is 1. The van der Waals surface area contributed by atoms with Crippen LogP contribution >= 0.6 is 0 Å². The first-order valence-electron chi connectivity index (χ1n) is 18.4. The summed E-state index contributed by atoms with van der Waals surface area (Å²) in [6.45, 7) is 22.3. The summed E-state index contributed by atoms with van der Waals surface area (Å²) >= 11 is 0. The zero-order chi connectivity index (χ0) is 37.2. The number of imidazole rings is 1. The van der Waals surface area contributed by atoms with E-state index >= 15 is 0 Å². The van der Waals surface area contributed by atoms with Crippen LogP contribution < -0.4 is 0 Å². The smallest absolute Gasteiger partial charge is 0.144 e. The van der Waals surface area contributed by atoms with E-state index in [4.69, 9.17) is 9.97 Å². The normalized spacial score (nSPS) is 12.4. The molecule has 4 nitrogen and oxygen atoms in total. The first-order valence-corrected chi connectivity index (χ1v) is 18.4. The maximum Gasteiger partial charge on any atom is 0.144 e. The maximum absolute atomic E-state index is 11.4. The molecule has 0 unspecified atom stereocenters. The van der Waals surface area contributed by atoms with E-state index < -0.39 is 0 Å². The topological polar surface area (TPSA) is 50.9 Å². The van der Waals surface area contributed by atoms with Gasteiger partial charge < -0.3 is 9.67 Å². The van der Waals surface area contributed by atoms with Crippen LogP contribution in [0.5, 0.6) is 5.75 Å². The van der Waals surface area contributed by atoms with Crippen LogP contribution in [-0.2, 0) is 37.3 Å². The molecule has 1 N–H and O–H groups in total. The number of benzene rings is 5. The molecule has 274 valence electrons. The third-order valence-electron chi connectivity index (χ3n) is 10.6. The fraction of sp³-hybridized carbons (Fsp3) is 0.292. The Hall–Kier alpha value is -4.53. The third-order valence-corrected chi connectivity index (χ3v) is 10.6. The maximum atomic E-state index is 11.4. The predicted molar refractivity (Wildman–Crippen MR) is 218 cm³/mol. The van der Waals surface area contributed by atoms with Gasteiger partial charge in [-0.05, 0) is 76.6 Å². The van der Waals surface area contributed by atoms with Crippen molar-refractivity contribution in [1.29, 1.82) is 0 Å². The second-order valence-corrected chi connectivity index (χ2v) is 17.1. The van der Waals surface area contributed by atoms with Crippen LogP contribution in [0.2, 0.25) is 0 Å². The number of pyridine rings is 1. The van der Waals surface area contributed by atoms with Crippen molar-refractivity contribution in [1.82, 2.24) is 14.5 Å². The summed E-state index contributed by atoms with van der Waals surface area (Å²) in [6.07, 6.45) is 1.87. The van der Waals surface area contributed by atoms with Gasteiger partial charge in [0.15, 0.2) is 0 Å². The van der Waals surface area contributed by atoms with Gasteiger partial charge in [-0.3, -0.25) is 4.98 Å². The van der Waals surface area contributed by atoms with Crippen molar-refractivity contribution in [2.45, 2.75) is 91.5 Å². The molecule has 7 aromatic rings. The average molecular weight is 880 g/mol. The van der Waals surface area contributed by atoms with Crippen molar-refractivity contribution in [3.63, 3.8) is 0 Å². The van der Waals surface area contributed by atoms with Crippen LogP contribution in [0.15, 0.2) is 109 Å². The summed E-state index contributed by atoms with van der Waals surface area (Å²) in [5, 5.41) is 12.5. The van der Waals surface area contributed by atoms with Gasteiger partial charge in [-0.15, -0.1) is 35.4 Å². The first kappa shape index (κ1) is 38.2. The van der Waals surface area contributed by atoms with E-state index in [1.165, 1.54) is 16.7 Å². The Morgan fingerprint density at radius 2 is 1.23 bits per heavy atom. The summed E-state index contributed by atoms with van der Waals surface area (Å²) in [7, 11) is 0. The second kappa shape index (κ2) is 14.0. The fourth-order valence-corrected chi connectivity index (χ4v) is 7.29. The molecule has 2 heterocycles. The Morgan fingerprint density at radius 1 is 0.604 bits per heavy atom. The van der Waals surface area contributed by atoms with E-state index in [9.17, 15) is 5.11 Å². The molecule has 5 heteroatoms. The minimum Gasteiger partial charge on any atom is -0.507 e. The predicted octanol–water partition coefficient (Wildman–Crippen LogP) is 12.6. The van der Waals surface area contributed by atoms with E-state index in [-0.39, 0.29) is 49.1 Å². The Morgan fingerprint density at radius 3 is 1.87 bits per heavy atom. The molecule has 53 heavy (non-hydrogen) atoms. The average Bonchev–Trinajstić information content (AvgIpc) is 3.50. The number of aromatic nitrogens is 3. The van der Waals surface area contributed by atoms with Gasteiger partial charge in [0.05, 0.1) is 16.6 Å². The number of rotatable bonds is 6. The first-order chi connectivity index (χ1) is 24.5. The van der Waals surface area contributed by atoms with Crippen molar-refractivity contribution in [2.75, 3.05) is 0 Å². The zero-order valence-corrected chi connectivity index (χ0v) is 34.8. The van der Waals surface area contributed by atoms with Gasteiger partial charge in [-0.2, -0.15) is 0 Å². The Bertz CT molecular complexity index is 2440. The molecule has 2 aromatic heterocycles. The molecule has 0 aliphatic carbocycles. The van der Waals surface area contributed by atoms with Crippen LogP contribution in [0.25, 0.3) is 55.6 Å². The zero-order valence-electron chi connectivity index (χ0n) is 32.6. The molecule has 0 bridgehead atoms. The van der Waals surface area contributed by atoms with E-state index in [0.29, 0.717) is 0 Å². The SMILES string of the molecule is CC(C)n1c(-c2cc(C(C)(C)C)ccc2O)nc2c(-c3[c-]c(-c4cc(C(C)(C)C)cc5cccnc45)ccc3)cc(C(C)(C)c3ccccc3)cc21.[Pt].